The molecule has 1 N–H and O–H groups in total. The van der Waals surface area contributed by atoms with Crippen LogP contribution >= 0.6 is 11.3 Å². The molecule has 0 fully saturated rings. The molecule has 0 saturated heterocycles. The molecular formula is C18H13FN4OS. The number of nitrogens with one attached hydrogen (secondary N) is 1. The molecule has 5 nitrogen and oxygen atoms in total. The van der Waals surface area contributed by atoms with E-state index < -0.39 is 0 Å². The molecule has 0 aliphatic rings. The van der Waals surface area contributed by atoms with Gasteiger partial charge in [-0.3, -0.25) is 9.97 Å². The minimum absolute atomic E-state index is 0.282. The molecule has 25 heavy (non-hydrogen) atoms. The Morgan fingerprint density at radius 3 is 2.60 bits per heavy atom. The van der Waals surface area contributed by atoms with Gasteiger partial charge in [0.1, 0.15) is 17.4 Å². The number of pyridine rings is 1. The van der Waals surface area contributed by atoms with Crippen LogP contribution in [0.5, 0.6) is 5.75 Å². The van der Waals surface area contributed by atoms with Crippen molar-refractivity contribution in [1.29, 1.82) is 0 Å². The minimum atomic E-state index is -0.282. The van der Waals surface area contributed by atoms with Gasteiger partial charge in [0.2, 0.25) is 0 Å². The van der Waals surface area contributed by atoms with Crippen molar-refractivity contribution in [1.82, 2.24) is 19.9 Å². The Morgan fingerprint density at radius 1 is 1.04 bits per heavy atom. The van der Waals surface area contributed by atoms with Crippen LogP contribution in [0.15, 0.2) is 54.4 Å². The normalized spacial score (nSPS) is 10.8. The van der Waals surface area contributed by atoms with Gasteiger partial charge in [-0.25, -0.2) is 9.37 Å². The molecule has 0 bridgehead atoms. The van der Waals surface area contributed by atoms with Crippen LogP contribution in [-0.4, -0.2) is 27.0 Å². The van der Waals surface area contributed by atoms with Crippen LogP contribution in [0, 0.1) is 5.82 Å². The van der Waals surface area contributed by atoms with Crippen molar-refractivity contribution in [3.8, 4) is 39.0 Å². The first kappa shape index (κ1) is 15.5. The van der Waals surface area contributed by atoms with Crippen LogP contribution in [0.2, 0.25) is 0 Å². The predicted octanol–water partition coefficient (Wildman–Crippen LogP) is 4.41. The Kier molecular flexibility index (Phi) is 3.99. The van der Waals surface area contributed by atoms with Crippen molar-refractivity contribution >= 4 is 11.3 Å². The van der Waals surface area contributed by atoms with Crippen LogP contribution in [0.3, 0.4) is 0 Å². The van der Waals surface area contributed by atoms with Crippen molar-refractivity contribution in [2.45, 2.75) is 0 Å². The lowest BCUT2D eigenvalue weighted by atomic mass is 10.1. The second-order valence-electron chi connectivity index (χ2n) is 5.30. The topological polar surface area (TPSA) is 63.7 Å². The maximum absolute atomic E-state index is 13.2. The third-order valence-electron chi connectivity index (χ3n) is 3.72. The number of rotatable bonds is 4. The molecule has 124 valence electrons. The number of methoxy groups -OCH3 is 1. The second kappa shape index (κ2) is 6.45. The monoisotopic (exact) mass is 352 g/mol. The summed E-state index contributed by atoms with van der Waals surface area (Å²) in [4.78, 5) is 17.3. The maximum Gasteiger partial charge on any atom is 0.138 e. The Labute approximate surface area is 147 Å². The van der Waals surface area contributed by atoms with Crippen molar-refractivity contribution in [3.63, 3.8) is 0 Å². The first-order chi connectivity index (χ1) is 12.2. The van der Waals surface area contributed by atoms with Crippen molar-refractivity contribution in [2.75, 3.05) is 7.11 Å². The average molecular weight is 352 g/mol. The average Bonchev–Trinajstić information content (AvgIpc) is 3.32. The first-order valence-corrected chi connectivity index (χ1v) is 8.37. The summed E-state index contributed by atoms with van der Waals surface area (Å²) in [7, 11) is 1.60. The fraction of sp³-hybridized carbons (Fsp3) is 0.0556. The molecule has 7 heteroatoms. The lowest BCUT2D eigenvalue weighted by molar-refractivity contribution is 0.413. The summed E-state index contributed by atoms with van der Waals surface area (Å²) in [6.07, 6.45) is 5.16. The highest BCUT2D eigenvalue weighted by atomic mass is 32.1. The van der Waals surface area contributed by atoms with Crippen molar-refractivity contribution in [3.05, 3.63) is 60.3 Å². The van der Waals surface area contributed by atoms with E-state index in [9.17, 15) is 4.39 Å². The third-order valence-corrected chi connectivity index (χ3v) is 4.51. The Balaban J connectivity index is 1.88. The van der Waals surface area contributed by atoms with Crippen LogP contribution in [0.25, 0.3) is 33.2 Å². The molecule has 0 amide bonds. The highest BCUT2D eigenvalue weighted by molar-refractivity contribution is 7.13. The zero-order valence-electron chi connectivity index (χ0n) is 13.2. The molecule has 1 aromatic carbocycles. The molecule has 0 atom stereocenters. The number of halogens is 1. The zero-order chi connectivity index (χ0) is 17.2. The smallest absolute Gasteiger partial charge is 0.138 e. The summed E-state index contributed by atoms with van der Waals surface area (Å²) in [6.45, 7) is 0. The van der Waals surface area contributed by atoms with Crippen molar-refractivity contribution < 1.29 is 9.13 Å². The van der Waals surface area contributed by atoms with E-state index in [2.05, 4.69) is 15.0 Å². The third kappa shape index (κ3) is 3.01. The Bertz CT molecular complexity index is 996. The lowest BCUT2D eigenvalue weighted by Crippen LogP contribution is -1.88. The number of aromatic amines is 1. The molecule has 0 spiro atoms. The number of aromatic nitrogens is 4. The minimum Gasteiger partial charge on any atom is -0.495 e. The molecule has 3 heterocycles. The van der Waals surface area contributed by atoms with E-state index in [1.165, 1.54) is 23.5 Å². The standard InChI is InChI=1S/C18H13FN4OS/c1-24-14-6-12(7-20-8-14)16-17(15-9-21-10-25-15)23-18(22-16)11-2-4-13(19)5-3-11/h2-10H,1H3,(H,22,23). The van der Waals surface area contributed by atoms with Gasteiger partial charge in [0.15, 0.2) is 0 Å². The van der Waals surface area contributed by atoms with E-state index in [0.29, 0.717) is 11.6 Å². The summed E-state index contributed by atoms with van der Waals surface area (Å²) >= 11 is 1.51. The van der Waals surface area contributed by atoms with Gasteiger partial charge in [-0.1, -0.05) is 0 Å². The first-order valence-electron chi connectivity index (χ1n) is 7.49. The number of hydrogen-bond acceptors (Lipinski definition) is 5. The lowest BCUT2D eigenvalue weighted by Gasteiger charge is -2.03. The summed E-state index contributed by atoms with van der Waals surface area (Å²) in [5.41, 5.74) is 4.98. The quantitative estimate of drug-likeness (QED) is 0.591. The van der Waals surface area contributed by atoms with Gasteiger partial charge < -0.3 is 9.72 Å². The molecule has 3 aromatic heterocycles. The van der Waals surface area contributed by atoms with Gasteiger partial charge in [-0.15, -0.1) is 11.3 Å². The number of nitrogens with zero attached hydrogens (tertiary/aromatic N) is 3. The maximum atomic E-state index is 13.2. The van der Waals surface area contributed by atoms with Crippen LogP contribution < -0.4 is 4.74 Å². The molecule has 4 rings (SSSR count). The van der Waals surface area contributed by atoms with Gasteiger partial charge in [0.25, 0.3) is 0 Å². The largest absolute Gasteiger partial charge is 0.495 e. The second-order valence-corrected chi connectivity index (χ2v) is 6.18. The zero-order valence-corrected chi connectivity index (χ0v) is 14.0. The SMILES string of the molecule is COc1cncc(-c2nc(-c3ccc(F)cc3)[nH]c2-c2cncs2)c1. The van der Waals surface area contributed by atoms with Gasteiger partial charge in [0, 0.05) is 23.5 Å². The van der Waals surface area contributed by atoms with Crippen LogP contribution in [0.4, 0.5) is 4.39 Å². The van der Waals surface area contributed by atoms with Crippen LogP contribution in [0.1, 0.15) is 0 Å². The number of thiazole rings is 1. The van der Waals surface area contributed by atoms with E-state index >= 15 is 0 Å². The number of hydrogen-bond donors (Lipinski definition) is 1. The highest BCUT2D eigenvalue weighted by Crippen LogP contribution is 2.35. The van der Waals surface area contributed by atoms with Gasteiger partial charge in [-0.2, -0.15) is 0 Å². The summed E-state index contributed by atoms with van der Waals surface area (Å²) in [6, 6.07) is 8.09. The van der Waals surface area contributed by atoms with Gasteiger partial charge in [-0.05, 0) is 30.3 Å². The molecular weight excluding hydrogens is 339 g/mol. The predicted molar refractivity (Wildman–Crippen MR) is 94.9 cm³/mol. The fourth-order valence-corrected chi connectivity index (χ4v) is 3.13. The molecule has 4 aromatic rings. The van der Waals surface area contributed by atoms with E-state index in [1.807, 2.05) is 6.07 Å². The van der Waals surface area contributed by atoms with Crippen molar-refractivity contribution in [2.24, 2.45) is 0 Å². The summed E-state index contributed by atoms with van der Waals surface area (Å²) in [5, 5.41) is 0. The van der Waals surface area contributed by atoms with Crippen LogP contribution in [-0.2, 0) is 0 Å². The molecule has 0 unspecified atom stereocenters. The molecule has 0 saturated carbocycles. The van der Waals surface area contributed by atoms with Gasteiger partial charge in [0.05, 0.1) is 35.1 Å². The summed E-state index contributed by atoms with van der Waals surface area (Å²) < 4.78 is 18.5. The number of benzene rings is 1. The van der Waals surface area contributed by atoms with E-state index in [4.69, 9.17) is 9.72 Å². The summed E-state index contributed by atoms with van der Waals surface area (Å²) in [5.74, 6) is 1.02. The molecule has 0 radical (unpaired) electrons. The van der Waals surface area contributed by atoms with E-state index in [1.54, 1.807) is 43.3 Å². The van der Waals surface area contributed by atoms with E-state index in [-0.39, 0.29) is 5.82 Å². The fourth-order valence-electron chi connectivity index (χ4n) is 2.50. The number of H-pyrrole nitrogens is 1. The highest BCUT2D eigenvalue weighted by Gasteiger charge is 2.17. The van der Waals surface area contributed by atoms with E-state index in [0.717, 1.165) is 27.4 Å². The van der Waals surface area contributed by atoms with Gasteiger partial charge >= 0.3 is 0 Å². The number of ether oxygens (including phenoxy) is 1. The molecule has 0 aliphatic carbocycles. The number of imidazole rings is 1. The molecule has 0 aliphatic heterocycles. The Hall–Kier alpha value is -3.06. The Morgan fingerprint density at radius 2 is 1.88 bits per heavy atom.